The third kappa shape index (κ3) is 2.09. The van der Waals surface area contributed by atoms with E-state index in [-0.39, 0.29) is 0 Å². The van der Waals surface area contributed by atoms with Gasteiger partial charge < -0.3 is 4.42 Å². The predicted octanol–water partition coefficient (Wildman–Crippen LogP) is 6.35. The zero-order valence-electron chi connectivity index (χ0n) is 14.4. The lowest BCUT2D eigenvalue weighted by molar-refractivity contribution is 0.670. The number of para-hydroxylation sites is 2. The molecular weight excluding hydrogens is 332 g/mol. The molecule has 0 aliphatic rings. The first-order valence-electron chi connectivity index (χ1n) is 8.94. The summed E-state index contributed by atoms with van der Waals surface area (Å²) < 4.78 is 6.18. The van der Waals surface area contributed by atoms with Gasteiger partial charge in [0.15, 0.2) is 0 Å². The second kappa shape index (κ2) is 5.39. The van der Waals surface area contributed by atoms with E-state index < -0.39 is 0 Å². The highest BCUT2D eigenvalue weighted by Gasteiger charge is 2.13. The van der Waals surface area contributed by atoms with Gasteiger partial charge in [-0.15, -0.1) is 0 Å². The Balaban J connectivity index is 1.69. The van der Waals surface area contributed by atoms with Gasteiger partial charge in [0, 0.05) is 33.3 Å². The Labute approximate surface area is 154 Å². The molecule has 0 unspecified atom stereocenters. The smallest absolute Gasteiger partial charge is 0.144 e. The number of rotatable bonds is 1. The van der Waals surface area contributed by atoms with Crippen LogP contribution in [0, 0.1) is 0 Å². The zero-order chi connectivity index (χ0) is 17.8. The lowest BCUT2D eigenvalue weighted by Gasteiger charge is -2.06. The van der Waals surface area contributed by atoms with Crippen molar-refractivity contribution in [3.8, 4) is 11.3 Å². The number of nitrogens with zero attached hydrogens (tertiary/aromatic N) is 2. The third-order valence-corrected chi connectivity index (χ3v) is 5.11. The van der Waals surface area contributed by atoms with Gasteiger partial charge in [-0.05, 0) is 24.3 Å². The van der Waals surface area contributed by atoms with E-state index >= 15 is 0 Å². The molecule has 3 aromatic heterocycles. The summed E-state index contributed by atoms with van der Waals surface area (Å²) in [6, 6.07) is 26.7. The molecule has 0 bridgehead atoms. The minimum absolute atomic E-state index is 0.874. The molecule has 0 spiro atoms. The van der Waals surface area contributed by atoms with Gasteiger partial charge in [0.1, 0.15) is 11.2 Å². The van der Waals surface area contributed by atoms with Gasteiger partial charge in [-0.3, -0.25) is 4.98 Å². The average Bonchev–Trinajstić information content (AvgIpc) is 3.12. The Morgan fingerprint density at radius 1 is 0.630 bits per heavy atom. The van der Waals surface area contributed by atoms with E-state index in [0.29, 0.717) is 0 Å². The van der Waals surface area contributed by atoms with Crippen LogP contribution in [0.2, 0.25) is 0 Å². The molecule has 0 radical (unpaired) electrons. The molecule has 0 saturated carbocycles. The lowest BCUT2D eigenvalue weighted by atomic mass is 10.0. The Bertz CT molecular complexity index is 1480. The minimum Gasteiger partial charge on any atom is -0.455 e. The largest absolute Gasteiger partial charge is 0.455 e. The summed E-state index contributed by atoms with van der Waals surface area (Å²) in [5.41, 5.74) is 5.50. The van der Waals surface area contributed by atoms with Crippen LogP contribution in [0.4, 0.5) is 0 Å². The van der Waals surface area contributed by atoms with Crippen LogP contribution in [-0.2, 0) is 0 Å². The second-order valence-corrected chi connectivity index (χ2v) is 6.69. The summed E-state index contributed by atoms with van der Waals surface area (Å²) in [5, 5.41) is 4.42. The van der Waals surface area contributed by atoms with E-state index in [1.54, 1.807) is 0 Å². The topological polar surface area (TPSA) is 38.9 Å². The highest BCUT2D eigenvalue weighted by atomic mass is 16.3. The molecule has 6 aromatic rings. The molecule has 0 aliphatic heterocycles. The van der Waals surface area contributed by atoms with E-state index in [0.717, 1.165) is 55.0 Å². The lowest BCUT2D eigenvalue weighted by Crippen LogP contribution is -1.89. The van der Waals surface area contributed by atoms with Crippen molar-refractivity contribution >= 4 is 43.7 Å². The predicted molar refractivity (Wildman–Crippen MR) is 110 cm³/mol. The van der Waals surface area contributed by atoms with Crippen LogP contribution in [0.25, 0.3) is 55.0 Å². The number of benzene rings is 3. The fourth-order valence-electron chi connectivity index (χ4n) is 3.82. The molecule has 0 aliphatic carbocycles. The van der Waals surface area contributed by atoms with Crippen molar-refractivity contribution in [3.63, 3.8) is 0 Å². The van der Waals surface area contributed by atoms with E-state index in [2.05, 4.69) is 59.6 Å². The van der Waals surface area contributed by atoms with Crippen LogP contribution < -0.4 is 0 Å². The maximum absolute atomic E-state index is 6.18. The van der Waals surface area contributed by atoms with Crippen molar-refractivity contribution in [2.75, 3.05) is 0 Å². The normalized spacial score (nSPS) is 11.7. The van der Waals surface area contributed by atoms with Crippen molar-refractivity contribution < 1.29 is 4.42 Å². The number of furan rings is 1. The van der Waals surface area contributed by atoms with Gasteiger partial charge in [-0.1, -0.05) is 54.6 Å². The van der Waals surface area contributed by atoms with Crippen LogP contribution in [0.5, 0.6) is 0 Å². The van der Waals surface area contributed by atoms with Crippen LogP contribution in [0.15, 0.2) is 89.5 Å². The van der Waals surface area contributed by atoms with E-state index in [9.17, 15) is 0 Å². The van der Waals surface area contributed by atoms with Crippen LogP contribution >= 0.6 is 0 Å². The molecule has 3 heterocycles. The molecule has 0 saturated heterocycles. The third-order valence-electron chi connectivity index (χ3n) is 5.11. The van der Waals surface area contributed by atoms with E-state index in [1.807, 2.05) is 30.5 Å². The van der Waals surface area contributed by atoms with Crippen molar-refractivity contribution in [2.24, 2.45) is 0 Å². The van der Waals surface area contributed by atoms with Gasteiger partial charge in [0.05, 0.1) is 16.7 Å². The van der Waals surface area contributed by atoms with E-state index in [1.165, 1.54) is 0 Å². The van der Waals surface area contributed by atoms with Gasteiger partial charge in [-0.25, -0.2) is 4.98 Å². The molecular formula is C24H14N2O. The molecule has 0 fully saturated rings. The fourth-order valence-corrected chi connectivity index (χ4v) is 3.82. The summed E-state index contributed by atoms with van der Waals surface area (Å²) in [6.45, 7) is 0. The monoisotopic (exact) mass is 346 g/mol. The number of hydrogen-bond donors (Lipinski definition) is 0. The zero-order valence-corrected chi connectivity index (χ0v) is 14.4. The minimum atomic E-state index is 0.874. The first-order valence-corrected chi connectivity index (χ1v) is 8.94. The molecule has 27 heavy (non-hydrogen) atoms. The molecule has 3 aromatic carbocycles. The Hall–Kier alpha value is -3.72. The molecule has 6 rings (SSSR count). The Kier molecular flexibility index (Phi) is 2.88. The quantitative estimate of drug-likeness (QED) is 0.326. The summed E-state index contributed by atoms with van der Waals surface area (Å²) in [5.74, 6) is 0. The highest BCUT2D eigenvalue weighted by Crippen LogP contribution is 2.35. The first-order chi connectivity index (χ1) is 13.4. The molecule has 0 N–H and O–H groups in total. The van der Waals surface area contributed by atoms with Gasteiger partial charge in [-0.2, -0.15) is 0 Å². The molecule has 126 valence electrons. The van der Waals surface area contributed by atoms with Gasteiger partial charge in [0.25, 0.3) is 0 Å². The molecule has 0 amide bonds. The van der Waals surface area contributed by atoms with Gasteiger partial charge >= 0.3 is 0 Å². The van der Waals surface area contributed by atoms with Crippen molar-refractivity contribution in [1.82, 2.24) is 9.97 Å². The number of hydrogen-bond acceptors (Lipinski definition) is 3. The van der Waals surface area contributed by atoms with Crippen LogP contribution in [0.3, 0.4) is 0 Å². The van der Waals surface area contributed by atoms with Crippen LogP contribution in [0.1, 0.15) is 0 Å². The summed E-state index contributed by atoms with van der Waals surface area (Å²) in [7, 11) is 0. The van der Waals surface area contributed by atoms with Crippen molar-refractivity contribution in [2.45, 2.75) is 0 Å². The highest BCUT2D eigenvalue weighted by molar-refractivity contribution is 6.10. The number of fused-ring (bicyclic) bond motifs is 6. The van der Waals surface area contributed by atoms with Crippen molar-refractivity contribution in [1.29, 1.82) is 0 Å². The maximum atomic E-state index is 6.18. The molecule has 0 atom stereocenters. The number of aromatic nitrogens is 2. The summed E-state index contributed by atoms with van der Waals surface area (Å²) in [4.78, 5) is 9.53. The fraction of sp³-hybridized carbons (Fsp3) is 0. The van der Waals surface area contributed by atoms with E-state index in [4.69, 9.17) is 9.40 Å². The second-order valence-electron chi connectivity index (χ2n) is 6.69. The van der Waals surface area contributed by atoms with Gasteiger partial charge in [0.2, 0.25) is 0 Å². The first kappa shape index (κ1) is 14.4. The summed E-state index contributed by atoms with van der Waals surface area (Å²) >= 11 is 0. The average molecular weight is 346 g/mol. The van der Waals surface area contributed by atoms with Crippen molar-refractivity contribution in [3.05, 3.63) is 85.1 Å². The Morgan fingerprint density at radius 3 is 2.41 bits per heavy atom. The molecule has 3 nitrogen and oxygen atoms in total. The Morgan fingerprint density at radius 2 is 1.44 bits per heavy atom. The maximum Gasteiger partial charge on any atom is 0.144 e. The van der Waals surface area contributed by atoms with Crippen LogP contribution in [-0.4, -0.2) is 9.97 Å². The standard InChI is InChI=1S/C24H14N2O/c1-2-9-21-17(6-1)18-7-3-8-19(24(18)27-21)20-13-12-16-11-10-15-5-4-14-25-22(15)23(16)26-20/h1-14H. The number of pyridine rings is 2. The SMILES string of the molecule is c1cnc2c(c1)ccc1ccc(-c3cccc4c3oc3ccccc34)nc12. The molecule has 3 heteroatoms. The summed E-state index contributed by atoms with van der Waals surface area (Å²) in [6.07, 6.45) is 1.82.